The Kier molecular flexibility index (Phi) is 8.16. The van der Waals surface area contributed by atoms with Crippen LogP contribution in [0, 0.1) is 0 Å². The lowest BCUT2D eigenvalue weighted by Gasteiger charge is -2.49. The summed E-state index contributed by atoms with van der Waals surface area (Å²) < 4.78 is 31.7. The van der Waals surface area contributed by atoms with E-state index in [1.807, 2.05) is 0 Å². The Labute approximate surface area is 196 Å². The SMILES string of the molecule is C=CC1=C(C(=O)O)N2C(=O)C(NC(=O)/C(=C\Cl)c3csc(N)n3)[C@H]2SC1.O=C(O)C(F)(F)F. The summed E-state index contributed by atoms with van der Waals surface area (Å²) in [6.07, 6.45) is -3.66. The minimum absolute atomic E-state index is 0.0763. The number of thioether (sulfide) groups is 1. The zero-order chi connectivity index (χ0) is 25.1. The third-order valence-electron chi connectivity index (χ3n) is 4.13. The van der Waals surface area contributed by atoms with Crippen LogP contribution in [-0.4, -0.2) is 67.2 Å². The Hall–Kier alpha value is -3.04. The molecule has 1 aromatic rings. The summed E-state index contributed by atoms with van der Waals surface area (Å²) in [5.74, 6) is -4.67. The van der Waals surface area contributed by atoms with E-state index in [1.165, 1.54) is 22.7 Å². The van der Waals surface area contributed by atoms with Crippen LogP contribution in [-0.2, 0) is 19.2 Å². The van der Waals surface area contributed by atoms with E-state index in [-0.39, 0.29) is 16.4 Å². The van der Waals surface area contributed by atoms with Gasteiger partial charge in [0.1, 0.15) is 17.1 Å². The summed E-state index contributed by atoms with van der Waals surface area (Å²) in [4.78, 5) is 50.5. The molecule has 33 heavy (non-hydrogen) atoms. The number of β-lactam (4-membered cyclic amide) rings is 1. The number of fused-ring (bicyclic) bond motifs is 1. The molecule has 178 valence electrons. The van der Waals surface area contributed by atoms with E-state index < -0.39 is 41.3 Å². The van der Waals surface area contributed by atoms with E-state index in [1.54, 1.807) is 5.38 Å². The highest BCUT2D eigenvalue weighted by molar-refractivity contribution is 8.00. The second-order valence-corrected chi connectivity index (χ2v) is 8.35. The molecule has 5 N–H and O–H groups in total. The molecule has 2 atom stereocenters. The number of nitrogens with two attached hydrogens (primary N) is 1. The molecule has 0 aliphatic carbocycles. The molecule has 1 aromatic heterocycles. The molecule has 3 heterocycles. The van der Waals surface area contributed by atoms with E-state index in [0.29, 0.717) is 17.0 Å². The number of nitrogens with zero attached hydrogens (tertiary/aromatic N) is 2. The van der Waals surface area contributed by atoms with Gasteiger partial charge in [0.25, 0.3) is 11.8 Å². The molecular weight excluding hydrogens is 513 g/mol. The van der Waals surface area contributed by atoms with Gasteiger partial charge >= 0.3 is 18.1 Å². The average Bonchev–Trinajstić information content (AvgIpc) is 3.16. The number of aromatic nitrogens is 1. The number of thiazole rings is 1. The van der Waals surface area contributed by atoms with E-state index in [4.69, 9.17) is 27.2 Å². The van der Waals surface area contributed by atoms with Crippen molar-refractivity contribution in [3.8, 4) is 0 Å². The maximum absolute atomic E-state index is 12.5. The van der Waals surface area contributed by atoms with Gasteiger partial charge in [0.15, 0.2) is 5.13 Å². The van der Waals surface area contributed by atoms with Crippen molar-refractivity contribution in [2.45, 2.75) is 17.6 Å². The summed E-state index contributed by atoms with van der Waals surface area (Å²) >= 11 is 8.24. The Morgan fingerprint density at radius 3 is 2.39 bits per heavy atom. The van der Waals surface area contributed by atoms with Crippen molar-refractivity contribution in [3.63, 3.8) is 0 Å². The van der Waals surface area contributed by atoms with Gasteiger partial charge in [-0.25, -0.2) is 14.6 Å². The fourth-order valence-electron chi connectivity index (χ4n) is 2.65. The Morgan fingerprint density at radius 1 is 1.36 bits per heavy atom. The molecule has 2 aliphatic heterocycles. The number of hydrogen-bond acceptors (Lipinski definition) is 8. The lowest BCUT2D eigenvalue weighted by Crippen LogP contribution is -2.70. The minimum Gasteiger partial charge on any atom is -0.477 e. The molecule has 1 unspecified atom stereocenters. The average molecular weight is 527 g/mol. The molecule has 0 aromatic carbocycles. The number of carboxylic acids is 2. The first-order valence-corrected chi connectivity index (χ1v) is 10.9. The lowest BCUT2D eigenvalue weighted by molar-refractivity contribution is -0.192. The summed E-state index contributed by atoms with van der Waals surface area (Å²) in [5.41, 5.74) is 7.38. The van der Waals surface area contributed by atoms with Crippen LogP contribution in [0.1, 0.15) is 5.69 Å². The van der Waals surface area contributed by atoms with Crippen molar-refractivity contribution in [1.82, 2.24) is 15.2 Å². The monoisotopic (exact) mass is 526 g/mol. The lowest BCUT2D eigenvalue weighted by atomic mass is 10.0. The van der Waals surface area contributed by atoms with Gasteiger partial charge in [-0.2, -0.15) is 13.2 Å². The van der Waals surface area contributed by atoms with Crippen LogP contribution < -0.4 is 11.1 Å². The van der Waals surface area contributed by atoms with Crippen LogP contribution in [0.5, 0.6) is 0 Å². The number of carbonyl (C=O) groups excluding carboxylic acids is 2. The summed E-state index contributed by atoms with van der Waals surface area (Å²) in [5, 5.41) is 20.5. The molecule has 10 nitrogen and oxygen atoms in total. The molecule has 1 fully saturated rings. The molecular formula is C17H14ClF3N4O6S2. The number of rotatable bonds is 5. The van der Waals surface area contributed by atoms with Crippen molar-refractivity contribution in [3.05, 3.63) is 40.5 Å². The summed E-state index contributed by atoms with van der Waals surface area (Å²) in [6, 6.07) is -0.851. The fourth-order valence-corrected chi connectivity index (χ4v) is 4.77. The van der Waals surface area contributed by atoms with E-state index in [9.17, 15) is 32.7 Å². The normalized spacial score (nSPS) is 20.2. The van der Waals surface area contributed by atoms with Crippen LogP contribution in [0.2, 0.25) is 0 Å². The van der Waals surface area contributed by atoms with Crippen molar-refractivity contribution in [1.29, 1.82) is 0 Å². The maximum atomic E-state index is 12.5. The number of carbonyl (C=O) groups is 4. The third-order valence-corrected chi connectivity index (χ3v) is 6.32. The van der Waals surface area contributed by atoms with Crippen LogP contribution in [0.3, 0.4) is 0 Å². The predicted molar refractivity (Wildman–Crippen MR) is 114 cm³/mol. The number of anilines is 1. The molecule has 0 radical (unpaired) electrons. The first kappa shape index (κ1) is 26.2. The van der Waals surface area contributed by atoms with E-state index in [2.05, 4.69) is 16.9 Å². The van der Waals surface area contributed by atoms with Gasteiger partial charge in [0.2, 0.25) is 0 Å². The van der Waals surface area contributed by atoms with Gasteiger partial charge in [0, 0.05) is 16.7 Å². The highest BCUT2D eigenvalue weighted by Gasteiger charge is 2.54. The highest BCUT2D eigenvalue weighted by atomic mass is 35.5. The highest BCUT2D eigenvalue weighted by Crippen LogP contribution is 2.40. The number of nitrogens with one attached hydrogen (secondary N) is 1. The fraction of sp³-hybridized carbons (Fsp3) is 0.235. The Balaban J connectivity index is 0.000000479. The number of carboxylic acid groups (broad SMARTS) is 2. The number of allylic oxidation sites excluding steroid dienone is 1. The maximum Gasteiger partial charge on any atom is 0.490 e. The second-order valence-electron chi connectivity index (χ2n) is 6.14. The number of hydrogen-bond donors (Lipinski definition) is 4. The Bertz CT molecular complexity index is 1070. The van der Waals surface area contributed by atoms with Crippen molar-refractivity contribution in [2.75, 3.05) is 11.5 Å². The second kappa shape index (κ2) is 10.3. The number of halogens is 4. The smallest absolute Gasteiger partial charge is 0.477 e. The van der Waals surface area contributed by atoms with Gasteiger partial charge in [-0.3, -0.25) is 14.5 Å². The van der Waals surface area contributed by atoms with Crippen LogP contribution >= 0.6 is 34.7 Å². The van der Waals surface area contributed by atoms with E-state index in [0.717, 1.165) is 16.9 Å². The van der Waals surface area contributed by atoms with Gasteiger partial charge in [-0.1, -0.05) is 24.3 Å². The number of nitrogen functional groups attached to an aromatic ring is 1. The van der Waals surface area contributed by atoms with Gasteiger partial charge in [0.05, 0.1) is 11.3 Å². The topological polar surface area (TPSA) is 163 Å². The molecule has 0 bridgehead atoms. The largest absolute Gasteiger partial charge is 0.490 e. The first-order chi connectivity index (χ1) is 15.3. The predicted octanol–water partition coefficient (Wildman–Crippen LogP) is 1.86. The molecule has 16 heteroatoms. The number of alkyl halides is 3. The van der Waals surface area contributed by atoms with Crippen LogP contribution in [0.15, 0.2) is 34.8 Å². The van der Waals surface area contributed by atoms with Crippen LogP contribution in [0.25, 0.3) is 5.57 Å². The van der Waals surface area contributed by atoms with Crippen molar-refractivity contribution >= 4 is 69.2 Å². The minimum atomic E-state index is -5.08. The molecule has 0 saturated carbocycles. The van der Waals surface area contributed by atoms with Crippen molar-refractivity contribution < 1.29 is 42.6 Å². The Morgan fingerprint density at radius 2 is 1.97 bits per heavy atom. The number of amides is 2. The molecule has 3 rings (SSSR count). The molecule has 2 aliphatic rings. The zero-order valence-corrected chi connectivity index (χ0v) is 18.5. The molecule has 0 spiro atoms. The molecule has 2 amide bonds. The van der Waals surface area contributed by atoms with Gasteiger partial charge in [-0.15, -0.1) is 23.1 Å². The van der Waals surface area contributed by atoms with Crippen molar-refractivity contribution in [2.24, 2.45) is 0 Å². The van der Waals surface area contributed by atoms with Gasteiger partial charge in [-0.05, 0) is 5.57 Å². The van der Waals surface area contributed by atoms with Crippen LogP contribution in [0.4, 0.5) is 18.3 Å². The summed E-state index contributed by atoms with van der Waals surface area (Å²) in [6.45, 7) is 3.58. The third kappa shape index (κ3) is 5.66. The number of aliphatic carboxylic acids is 2. The van der Waals surface area contributed by atoms with E-state index >= 15 is 0 Å². The molecule has 1 saturated heterocycles. The quantitative estimate of drug-likeness (QED) is 0.331. The van der Waals surface area contributed by atoms with Gasteiger partial charge < -0.3 is 21.3 Å². The zero-order valence-electron chi connectivity index (χ0n) is 16.1. The standard InChI is InChI=1S/C15H13ClN4O4S2.C2HF3O2/c1-2-6-4-25-13-9(12(22)20(13)10(6)14(23)24)19-11(21)7(3-16)8-5-26-15(17)18-8;3-2(4,5)1(6)7/h2-3,5,9,13H,1,4H2,(H2,17,18)(H,19,21)(H,23,24);(H,6,7)/b7-3-;/t9?,13-;/m1./s1. The first-order valence-electron chi connectivity index (χ1n) is 8.49. The summed E-state index contributed by atoms with van der Waals surface area (Å²) in [7, 11) is 0.